The van der Waals surface area contributed by atoms with E-state index in [0.717, 1.165) is 0 Å². The smallest absolute Gasteiger partial charge is 0.156 e. The van der Waals surface area contributed by atoms with Gasteiger partial charge in [-0.05, 0) is 12.2 Å². The molecule has 0 unspecified atom stereocenters. The van der Waals surface area contributed by atoms with Gasteiger partial charge in [0.2, 0.25) is 0 Å². The van der Waals surface area contributed by atoms with Crippen molar-refractivity contribution < 1.29 is 19.0 Å². The van der Waals surface area contributed by atoms with E-state index in [9.17, 15) is 0 Å². The van der Waals surface area contributed by atoms with Crippen molar-refractivity contribution >= 4 is 75.8 Å². The predicted octanol–water partition coefficient (Wildman–Crippen LogP) is 6.41. The zero-order chi connectivity index (χ0) is 20.1. The molecule has 1 aromatic carbocycles. The van der Waals surface area contributed by atoms with Crippen molar-refractivity contribution in [1.82, 2.24) is 0 Å². The van der Waals surface area contributed by atoms with Crippen LogP contribution in [-0.4, -0.2) is 39.2 Å². The number of benzene rings is 1. The Kier molecular flexibility index (Phi) is 13.1. The van der Waals surface area contributed by atoms with Gasteiger partial charge in [-0.2, -0.15) is 0 Å². The van der Waals surface area contributed by atoms with Crippen LogP contribution in [-0.2, 0) is 9.57 Å². The molecule has 27 heavy (non-hydrogen) atoms. The van der Waals surface area contributed by atoms with Crippen LogP contribution in [0, 0.1) is 0 Å². The standard InChI is InChI=1S/C16H15Cl6NO4/c17-12-9-11(25-4-1-14(19)20)10-13(18)16(12)26-8-7-24-6-3-23-27-5-2-15(21)22/h1-3,9-10H,4-8H2. The van der Waals surface area contributed by atoms with Crippen LogP contribution in [0.2, 0.25) is 10.0 Å². The molecule has 150 valence electrons. The van der Waals surface area contributed by atoms with Gasteiger partial charge in [0, 0.05) is 12.1 Å². The predicted molar refractivity (Wildman–Crippen MR) is 112 cm³/mol. The third-order valence-corrected chi connectivity index (χ3v) is 3.77. The third kappa shape index (κ3) is 11.8. The van der Waals surface area contributed by atoms with E-state index in [2.05, 4.69) is 5.16 Å². The summed E-state index contributed by atoms with van der Waals surface area (Å²) in [6.45, 7) is 1.14. The topological polar surface area (TPSA) is 49.3 Å². The van der Waals surface area contributed by atoms with Gasteiger partial charge in [0.1, 0.15) is 34.6 Å². The lowest BCUT2D eigenvalue weighted by Crippen LogP contribution is -2.08. The van der Waals surface area contributed by atoms with Crippen LogP contribution in [0.1, 0.15) is 0 Å². The SMILES string of the molecule is ClC(Cl)=CCON=CCOCCOc1c(Cl)cc(OCC=C(Cl)Cl)cc1Cl. The molecule has 11 heteroatoms. The minimum absolute atomic E-state index is 0.111. The van der Waals surface area contributed by atoms with Gasteiger partial charge in [-0.1, -0.05) is 74.8 Å². The van der Waals surface area contributed by atoms with Crippen LogP contribution in [0.5, 0.6) is 11.5 Å². The van der Waals surface area contributed by atoms with Crippen LogP contribution in [0.3, 0.4) is 0 Å². The molecule has 0 aromatic heterocycles. The molecule has 0 heterocycles. The molecule has 1 rings (SSSR count). The van der Waals surface area contributed by atoms with Gasteiger partial charge < -0.3 is 19.0 Å². The number of hydrogen-bond donors (Lipinski definition) is 0. The fraction of sp³-hybridized carbons (Fsp3) is 0.312. The largest absolute Gasteiger partial charge is 0.489 e. The lowest BCUT2D eigenvalue weighted by Gasteiger charge is -2.12. The first-order chi connectivity index (χ1) is 12.9. The second kappa shape index (κ2) is 14.5. The molecule has 1 aromatic rings. The van der Waals surface area contributed by atoms with Gasteiger partial charge >= 0.3 is 0 Å². The highest BCUT2D eigenvalue weighted by Gasteiger charge is 2.10. The average molecular weight is 498 g/mol. The molecule has 0 spiro atoms. The Bertz CT molecular complexity index is 650. The summed E-state index contributed by atoms with van der Waals surface area (Å²) in [6.07, 6.45) is 4.40. The lowest BCUT2D eigenvalue weighted by atomic mass is 10.3. The molecule has 5 nitrogen and oxygen atoms in total. The second-order valence-electron chi connectivity index (χ2n) is 4.52. The van der Waals surface area contributed by atoms with E-state index in [4.69, 9.17) is 88.7 Å². The second-order valence-corrected chi connectivity index (χ2v) is 7.35. The van der Waals surface area contributed by atoms with Gasteiger partial charge in [0.15, 0.2) is 5.75 Å². The Labute approximate surface area is 187 Å². The number of hydrogen-bond acceptors (Lipinski definition) is 5. The first kappa shape index (κ1) is 24.5. The summed E-state index contributed by atoms with van der Waals surface area (Å²) in [5.74, 6) is 0.794. The Morgan fingerprint density at radius 1 is 0.852 bits per heavy atom. The van der Waals surface area contributed by atoms with Crippen LogP contribution < -0.4 is 9.47 Å². The first-order valence-electron chi connectivity index (χ1n) is 7.38. The monoisotopic (exact) mass is 495 g/mol. The maximum absolute atomic E-state index is 6.15. The van der Waals surface area contributed by atoms with Crippen LogP contribution >= 0.6 is 69.6 Å². The van der Waals surface area contributed by atoms with E-state index < -0.39 is 0 Å². The number of nitrogens with zero attached hydrogens (tertiary/aromatic N) is 1. The average Bonchev–Trinajstić information content (AvgIpc) is 2.58. The molecular formula is C16H15Cl6NO4. The summed E-state index contributed by atoms with van der Waals surface area (Å²) < 4.78 is 16.5. The summed E-state index contributed by atoms with van der Waals surface area (Å²) in [6, 6.07) is 3.15. The number of oxime groups is 1. The van der Waals surface area contributed by atoms with Crippen molar-refractivity contribution in [2.45, 2.75) is 0 Å². The van der Waals surface area contributed by atoms with Crippen LogP contribution in [0.15, 0.2) is 38.4 Å². The summed E-state index contributed by atoms with van der Waals surface area (Å²) in [5.41, 5.74) is 0. The molecule has 0 saturated heterocycles. The maximum Gasteiger partial charge on any atom is 0.156 e. The fourth-order valence-electron chi connectivity index (χ4n) is 1.52. The Balaban J connectivity index is 2.31. The summed E-state index contributed by atoms with van der Waals surface area (Å²) in [4.78, 5) is 4.85. The highest BCUT2D eigenvalue weighted by molar-refractivity contribution is 6.56. The molecule has 0 radical (unpaired) electrons. The molecule has 0 bridgehead atoms. The number of ether oxygens (including phenoxy) is 3. The van der Waals surface area contributed by atoms with Crippen molar-refractivity contribution in [2.24, 2.45) is 5.16 Å². The molecule has 0 N–H and O–H groups in total. The summed E-state index contributed by atoms with van der Waals surface area (Å²) >= 11 is 34.1. The molecule has 0 saturated carbocycles. The van der Waals surface area contributed by atoms with Crippen molar-refractivity contribution in [2.75, 3.05) is 33.0 Å². The first-order valence-corrected chi connectivity index (χ1v) is 9.65. The minimum atomic E-state index is 0.111. The van der Waals surface area contributed by atoms with Crippen molar-refractivity contribution in [3.63, 3.8) is 0 Å². The van der Waals surface area contributed by atoms with E-state index in [1.807, 2.05) is 0 Å². The fourth-order valence-corrected chi connectivity index (χ4v) is 2.35. The zero-order valence-electron chi connectivity index (χ0n) is 13.8. The molecule has 0 aliphatic heterocycles. The van der Waals surface area contributed by atoms with Crippen molar-refractivity contribution in [3.8, 4) is 11.5 Å². The quantitative estimate of drug-likeness (QED) is 0.190. The van der Waals surface area contributed by atoms with Crippen LogP contribution in [0.4, 0.5) is 0 Å². The van der Waals surface area contributed by atoms with Crippen molar-refractivity contribution in [3.05, 3.63) is 43.3 Å². The summed E-state index contributed by atoms with van der Waals surface area (Å²) in [5, 5.41) is 4.25. The summed E-state index contributed by atoms with van der Waals surface area (Å²) in [7, 11) is 0. The van der Waals surface area contributed by atoms with E-state index in [1.54, 1.807) is 12.1 Å². The molecule has 0 aliphatic carbocycles. The lowest BCUT2D eigenvalue weighted by molar-refractivity contribution is 0.124. The van der Waals surface area contributed by atoms with E-state index in [-0.39, 0.29) is 35.4 Å². The Hall–Kier alpha value is -0.530. The van der Waals surface area contributed by atoms with E-state index >= 15 is 0 Å². The zero-order valence-corrected chi connectivity index (χ0v) is 18.3. The van der Waals surface area contributed by atoms with Gasteiger partial charge in [-0.3, -0.25) is 0 Å². The van der Waals surface area contributed by atoms with Crippen molar-refractivity contribution in [1.29, 1.82) is 0 Å². The van der Waals surface area contributed by atoms with Crippen LogP contribution in [0.25, 0.3) is 0 Å². The van der Waals surface area contributed by atoms with Gasteiger partial charge in [-0.25, -0.2) is 0 Å². The maximum atomic E-state index is 6.15. The van der Waals surface area contributed by atoms with E-state index in [0.29, 0.717) is 28.2 Å². The Morgan fingerprint density at radius 3 is 2.11 bits per heavy atom. The molecular weight excluding hydrogens is 483 g/mol. The highest BCUT2D eigenvalue weighted by atomic mass is 35.5. The highest BCUT2D eigenvalue weighted by Crippen LogP contribution is 2.36. The molecule has 0 atom stereocenters. The molecule has 0 amide bonds. The van der Waals surface area contributed by atoms with E-state index in [1.165, 1.54) is 18.4 Å². The normalized spacial score (nSPS) is 10.6. The minimum Gasteiger partial charge on any atom is -0.489 e. The van der Waals surface area contributed by atoms with Gasteiger partial charge in [0.25, 0.3) is 0 Å². The third-order valence-electron chi connectivity index (χ3n) is 2.59. The number of halogens is 6. The van der Waals surface area contributed by atoms with Gasteiger partial charge in [-0.15, -0.1) is 0 Å². The molecule has 0 fully saturated rings. The number of rotatable bonds is 12. The van der Waals surface area contributed by atoms with Gasteiger partial charge in [0.05, 0.1) is 29.5 Å². The Morgan fingerprint density at radius 2 is 1.48 bits per heavy atom. The molecule has 0 aliphatic rings.